The van der Waals surface area contributed by atoms with Crippen LogP contribution in [0.1, 0.15) is 96.3 Å². The number of carboxylic acid groups (broad SMARTS) is 1. The van der Waals surface area contributed by atoms with E-state index in [9.17, 15) is 33.9 Å². The van der Waals surface area contributed by atoms with E-state index in [4.69, 9.17) is 22.9 Å². The molecule has 0 aromatic rings. The van der Waals surface area contributed by atoms with Gasteiger partial charge in [0.25, 0.3) is 0 Å². The number of nitrogens with two attached hydrogens (primary N) is 4. The van der Waals surface area contributed by atoms with Crippen molar-refractivity contribution in [3.05, 3.63) is 0 Å². The standard InChI is InChI=1S/C31H57N9O7/c32-16-6-3-12-22-27(42)36-21(28(43)39-24(31(46)47)14-5-8-18-34)11-2-1-10-20(35)26(41)38-23(13-4-7-17-33)30(45)40-19-9-15-25(40)29(44)37-22/h20-25H,1-19,32-35H2,(H,36,42)(H,37,44)(H,38,41)(H,39,43)(H,46,47)/t20-,21-,22-,23-,24-,25-/m0/s1. The second kappa shape index (κ2) is 21.5. The van der Waals surface area contributed by atoms with Gasteiger partial charge >= 0.3 is 5.97 Å². The van der Waals surface area contributed by atoms with E-state index >= 15 is 0 Å². The van der Waals surface area contributed by atoms with Crippen LogP contribution < -0.4 is 44.2 Å². The average Bonchev–Trinajstić information content (AvgIpc) is 3.54. The zero-order valence-corrected chi connectivity index (χ0v) is 27.6. The molecule has 0 saturated carbocycles. The van der Waals surface area contributed by atoms with Crippen LogP contribution in [-0.2, 0) is 28.8 Å². The first-order valence-corrected chi connectivity index (χ1v) is 17.1. The van der Waals surface area contributed by atoms with E-state index in [2.05, 4.69) is 21.3 Å². The zero-order valence-electron chi connectivity index (χ0n) is 27.6. The van der Waals surface area contributed by atoms with Gasteiger partial charge in [0.2, 0.25) is 29.5 Å². The van der Waals surface area contributed by atoms with Crippen LogP contribution >= 0.6 is 0 Å². The molecule has 2 aliphatic heterocycles. The smallest absolute Gasteiger partial charge is 0.326 e. The fourth-order valence-corrected chi connectivity index (χ4v) is 5.97. The van der Waals surface area contributed by atoms with Crippen LogP contribution in [0.2, 0.25) is 0 Å². The predicted molar refractivity (Wildman–Crippen MR) is 175 cm³/mol. The lowest BCUT2D eigenvalue weighted by Crippen LogP contribution is -2.58. The first-order valence-electron chi connectivity index (χ1n) is 17.1. The van der Waals surface area contributed by atoms with Crippen molar-refractivity contribution in [1.29, 1.82) is 0 Å². The van der Waals surface area contributed by atoms with E-state index < -0.39 is 65.8 Å². The highest BCUT2D eigenvalue weighted by Crippen LogP contribution is 2.21. The molecule has 0 aromatic carbocycles. The monoisotopic (exact) mass is 667 g/mol. The van der Waals surface area contributed by atoms with Gasteiger partial charge < -0.3 is 54.2 Å². The lowest BCUT2D eigenvalue weighted by Gasteiger charge is -2.30. The molecule has 16 nitrogen and oxygen atoms in total. The Balaban J connectivity index is 2.37. The topological polar surface area (TPSA) is 278 Å². The Morgan fingerprint density at radius 2 is 1.36 bits per heavy atom. The summed E-state index contributed by atoms with van der Waals surface area (Å²) in [4.78, 5) is 80.8. The maximum absolute atomic E-state index is 13.7. The largest absolute Gasteiger partial charge is 0.480 e. The molecule has 6 atom stereocenters. The van der Waals surface area contributed by atoms with E-state index in [0.717, 1.165) is 0 Å². The third kappa shape index (κ3) is 13.4. The summed E-state index contributed by atoms with van der Waals surface area (Å²) < 4.78 is 0. The predicted octanol–water partition coefficient (Wildman–Crippen LogP) is -1.71. The van der Waals surface area contributed by atoms with Crippen molar-refractivity contribution >= 4 is 35.5 Å². The maximum atomic E-state index is 13.7. The molecule has 268 valence electrons. The molecule has 47 heavy (non-hydrogen) atoms. The summed E-state index contributed by atoms with van der Waals surface area (Å²) >= 11 is 0. The molecule has 0 unspecified atom stereocenters. The summed E-state index contributed by atoms with van der Waals surface area (Å²) in [6.07, 6.45) is 6.35. The normalized spacial score (nSPS) is 25.6. The van der Waals surface area contributed by atoms with E-state index in [-0.39, 0.29) is 31.6 Å². The molecule has 0 radical (unpaired) electrons. The van der Waals surface area contributed by atoms with Crippen LogP contribution in [0, 0.1) is 0 Å². The number of hydrogen-bond acceptors (Lipinski definition) is 10. The number of carbonyl (C=O) groups excluding carboxylic acids is 5. The Kier molecular flexibility index (Phi) is 18.2. The van der Waals surface area contributed by atoms with Gasteiger partial charge in [0.1, 0.15) is 30.2 Å². The third-order valence-corrected chi connectivity index (χ3v) is 8.77. The van der Waals surface area contributed by atoms with Gasteiger partial charge in [0.15, 0.2) is 0 Å². The van der Waals surface area contributed by atoms with Crippen molar-refractivity contribution in [2.24, 2.45) is 22.9 Å². The van der Waals surface area contributed by atoms with Gasteiger partial charge in [0.05, 0.1) is 6.04 Å². The first-order chi connectivity index (χ1) is 22.5. The molecule has 2 saturated heterocycles. The van der Waals surface area contributed by atoms with E-state index in [0.29, 0.717) is 96.8 Å². The highest BCUT2D eigenvalue weighted by Gasteiger charge is 2.39. The van der Waals surface area contributed by atoms with Crippen molar-refractivity contribution in [3.63, 3.8) is 0 Å². The van der Waals surface area contributed by atoms with Crippen LogP contribution in [-0.4, -0.2) is 108 Å². The van der Waals surface area contributed by atoms with E-state index in [1.54, 1.807) is 0 Å². The molecule has 5 amide bonds. The van der Waals surface area contributed by atoms with Crippen molar-refractivity contribution in [3.8, 4) is 0 Å². The Labute approximate surface area is 277 Å². The number of fused-ring (bicyclic) bond motifs is 1. The number of nitrogens with zero attached hydrogens (tertiary/aromatic N) is 1. The van der Waals surface area contributed by atoms with Crippen LogP contribution in [0.5, 0.6) is 0 Å². The Morgan fingerprint density at radius 3 is 2.00 bits per heavy atom. The molecular weight excluding hydrogens is 610 g/mol. The number of rotatable bonds is 15. The Morgan fingerprint density at radius 1 is 0.766 bits per heavy atom. The minimum absolute atomic E-state index is 0.140. The summed E-state index contributed by atoms with van der Waals surface area (Å²) in [5.41, 5.74) is 23.0. The van der Waals surface area contributed by atoms with Crippen molar-refractivity contribution < 1.29 is 33.9 Å². The van der Waals surface area contributed by atoms with Gasteiger partial charge in [-0.05, 0) is 103 Å². The molecule has 0 aliphatic carbocycles. The van der Waals surface area contributed by atoms with Gasteiger partial charge in [-0.3, -0.25) is 24.0 Å². The molecule has 2 rings (SSSR count). The average molecular weight is 668 g/mol. The van der Waals surface area contributed by atoms with E-state index in [1.807, 2.05) is 0 Å². The molecule has 0 aromatic heterocycles. The third-order valence-electron chi connectivity index (χ3n) is 8.77. The molecule has 2 aliphatic rings. The number of aliphatic carboxylic acids is 1. The number of carbonyl (C=O) groups is 6. The first kappa shape index (κ1) is 39.8. The van der Waals surface area contributed by atoms with Gasteiger partial charge in [-0.25, -0.2) is 4.79 Å². The minimum Gasteiger partial charge on any atom is -0.480 e. The van der Waals surface area contributed by atoms with Gasteiger partial charge in [-0.15, -0.1) is 0 Å². The zero-order chi connectivity index (χ0) is 34.8. The van der Waals surface area contributed by atoms with Crippen molar-refractivity contribution in [2.45, 2.75) is 133 Å². The molecule has 0 bridgehead atoms. The quantitative estimate of drug-likeness (QED) is 0.0887. The fourth-order valence-electron chi connectivity index (χ4n) is 5.97. The number of hydrogen-bond donors (Lipinski definition) is 9. The summed E-state index contributed by atoms with van der Waals surface area (Å²) in [6.45, 7) is 1.52. The van der Waals surface area contributed by atoms with Gasteiger partial charge in [-0.2, -0.15) is 0 Å². The second-order valence-electron chi connectivity index (χ2n) is 12.5. The molecule has 2 fully saturated rings. The van der Waals surface area contributed by atoms with Crippen LogP contribution in [0.3, 0.4) is 0 Å². The van der Waals surface area contributed by atoms with Gasteiger partial charge in [0, 0.05) is 6.54 Å². The maximum Gasteiger partial charge on any atom is 0.326 e. The molecule has 16 heteroatoms. The minimum atomic E-state index is -1.20. The van der Waals surface area contributed by atoms with Crippen molar-refractivity contribution in [2.75, 3.05) is 26.2 Å². The molecule has 13 N–H and O–H groups in total. The highest BCUT2D eigenvalue weighted by atomic mass is 16.4. The summed E-state index contributed by atoms with van der Waals surface area (Å²) in [5, 5.41) is 20.6. The SMILES string of the molecule is NCCCC[C@H](NC(=O)[C@@H]1CCCC[C@H](N)C(=O)N[C@@H](CCCCN)C(=O)N2CCC[C@H]2C(=O)N[C@@H](CCCCN)C(=O)N1)C(=O)O. The molecule has 2 heterocycles. The lowest BCUT2D eigenvalue weighted by molar-refractivity contribution is -0.143. The highest BCUT2D eigenvalue weighted by molar-refractivity contribution is 5.96. The number of nitrogens with one attached hydrogen (secondary N) is 4. The molecule has 0 spiro atoms. The van der Waals surface area contributed by atoms with Gasteiger partial charge in [-0.1, -0.05) is 12.8 Å². The summed E-state index contributed by atoms with van der Waals surface area (Å²) in [6, 6.07) is -5.96. The Hall–Kier alpha value is -3.34. The number of carboxylic acids is 1. The van der Waals surface area contributed by atoms with Crippen molar-refractivity contribution in [1.82, 2.24) is 26.2 Å². The van der Waals surface area contributed by atoms with E-state index in [1.165, 1.54) is 4.90 Å². The fraction of sp³-hybridized carbons (Fsp3) is 0.806. The van der Waals surface area contributed by atoms with Crippen LogP contribution in [0.4, 0.5) is 0 Å². The molecular formula is C31H57N9O7. The Bertz CT molecular complexity index is 1050. The summed E-state index contributed by atoms with van der Waals surface area (Å²) in [7, 11) is 0. The summed E-state index contributed by atoms with van der Waals surface area (Å²) in [5.74, 6) is -3.86. The second-order valence-corrected chi connectivity index (χ2v) is 12.5. The van der Waals surface area contributed by atoms with Crippen LogP contribution in [0.25, 0.3) is 0 Å². The number of amides is 5. The van der Waals surface area contributed by atoms with Crippen LogP contribution in [0.15, 0.2) is 0 Å². The lowest BCUT2D eigenvalue weighted by atomic mass is 10.0. The number of unbranched alkanes of at least 4 members (excludes halogenated alkanes) is 3.